The molecule has 7 nitrogen and oxygen atoms in total. The van der Waals surface area contributed by atoms with Gasteiger partial charge < -0.3 is 10.2 Å². The number of hydrogen-bond acceptors (Lipinski definition) is 5. The van der Waals surface area contributed by atoms with Crippen molar-refractivity contribution in [3.8, 4) is 0 Å². The van der Waals surface area contributed by atoms with Crippen molar-refractivity contribution in [2.24, 2.45) is 5.92 Å². The Kier molecular flexibility index (Phi) is 7.20. The molecule has 160 valence electrons. The third-order valence-corrected chi connectivity index (χ3v) is 6.53. The zero-order valence-electron chi connectivity index (χ0n) is 16.4. The molecule has 2 heterocycles. The molecule has 1 saturated heterocycles. The standard InChI is InChI=1S/C19H27F2N5O2S/c1-25-8-5-15(13-25)4-7-24-29(27,28)17-2-3-19(18(21)10-17)22-11-16-12-23-26(14-16)9-6-20/h2-3,10,12,14-15,22,24H,4-9,11,13H2,1H3. The quantitative estimate of drug-likeness (QED) is 0.608. The number of hydrogen-bond donors (Lipinski definition) is 2. The van der Waals surface area contributed by atoms with Gasteiger partial charge in [0.15, 0.2) is 0 Å². The number of nitrogens with one attached hydrogen (secondary N) is 2. The van der Waals surface area contributed by atoms with Gasteiger partial charge in [0, 0.05) is 31.4 Å². The molecule has 1 aromatic carbocycles. The molecule has 1 unspecified atom stereocenters. The van der Waals surface area contributed by atoms with Crippen molar-refractivity contribution in [2.75, 3.05) is 38.7 Å². The number of nitrogens with zero attached hydrogens (tertiary/aromatic N) is 3. The van der Waals surface area contributed by atoms with Crippen LogP contribution in [0.4, 0.5) is 14.5 Å². The van der Waals surface area contributed by atoms with Crippen LogP contribution >= 0.6 is 0 Å². The van der Waals surface area contributed by atoms with E-state index in [0.29, 0.717) is 19.0 Å². The van der Waals surface area contributed by atoms with E-state index < -0.39 is 22.5 Å². The van der Waals surface area contributed by atoms with Gasteiger partial charge in [-0.25, -0.2) is 21.9 Å². The van der Waals surface area contributed by atoms with E-state index in [2.05, 4.69) is 27.1 Å². The van der Waals surface area contributed by atoms with E-state index >= 15 is 0 Å². The fraction of sp³-hybridized carbons (Fsp3) is 0.526. The van der Waals surface area contributed by atoms with Crippen LogP contribution in [0.3, 0.4) is 0 Å². The molecule has 1 aliphatic heterocycles. The van der Waals surface area contributed by atoms with Crippen molar-refractivity contribution < 1.29 is 17.2 Å². The van der Waals surface area contributed by atoms with Crippen LogP contribution in [0.1, 0.15) is 18.4 Å². The number of aryl methyl sites for hydroxylation is 1. The Labute approximate surface area is 170 Å². The number of anilines is 1. The Morgan fingerprint density at radius 2 is 2.17 bits per heavy atom. The number of rotatable bonds is 10. The Balaban J connectivity index is 1.54. The number of likely N-dealkylation sites (tertiary alicyclic amines) is 1. The maximum atomic E-state index is 14.4. The van der Waals surface area contributed by atoms with Crippen LogP contribution in [0, 0.1) is 11.7 Å². The van der Waals surface area contributed by atoms with E-state index in [0.717, 1.165) is 37.6 Å². The van der Waals surface area contributed by atoms with Crippen LogP contribution < -0.4 is 10.0 Å². The first-order valence-corrected chi connectivity index (χ1v) is 11.1. The second-order valence-corrected chi connectivity index (χ2v) is 9.17. The molecule has 3 rings (SSSR count). The highest BCUT2D eigenvalue weighted by Gasteiger charge is 2.21. The molecule has 10 heteroatoms. The average Bonchev–Trinajstić information content (AvgIpc) is 3.29. The lowest BCUT2D eigenvalue weighted by atomic mass is 10.1. The molecule has 0 bridgehead atoms. The Bertz CT molecular complexity index is 919. The van der Waals surface area contributed by atoms with Gasteiger partial charge >= 0.3 is 0 Å². The number of alkyl halides is 1. The molecule has 0 amide bonds. The fourth-order valence-corrected chi connectivity index (χ4v) is 4.51. The lowest BCUT2D eigenvalue weighted by Crippen LogP contribution is -2.27. The smallest absolute Gasteiger partial charge is 0.240 e. The summed E-state index contributed by atoms with van der Waals surface area (Å²) < 4.78 is 55.6. The molecule has 1 aromatic heterocycles. The molecular formula is C19H27F2N5O2S. The Morgan fingerprint density at radius 1 is 1.34 bits per heavy atom. The van der Waals surface area contributed by atoms with Crippen LogP contribution in [0.2, 0.25) is 0 Å². The summed E-state index contributed by atoms with van der Waals surface area (Å²) in [4.78, 5) is 2.13. The summed E-state index contributed by atoms with van der Waals surface area (Å²) in [5, 5.41) is 6.91. The average molecular weight is 428 g/mol. The van der Waals surface area contributed by atoms with Gasteiger partial charge in [-0.15, -0.1) is 0 Å². The summed E-state index contributed by atoms with van der Waals surface area (Å²) >= 11 is 0. The van der Waals surface area contributed by atoms with E-state index in [-0.39, 0.29) is 17.1 Å². The van der Waals surface area contributed by atoms with E-state index in [9.17, 15) is 17.2 Å². The third kappa shape index (κ3) is 5.97. The number of halogens is 2. The topological polar surface area (TPSA) is 79.3 Å². The minimum Gasteiger partial charge on any atom is -0.378 e. The molecule has 1 aliphatic rings. The number of benzene rings is 1. The van der Waals surface area contributed by atoms with Crippen LogP contribution in [-0.2, 0) is 23.1 Å². The molecule has 0 aliphatic carbocycles. The summed E-state index contributed by atoms with van der Waals surface area (Å²) in [6.07, 6.45) is 5.09. The SMILES string of the molecule is CN1CCC(CCNS(=O)(=O)c2ccc(NCc3cnn(CCF)c3)c(F)c2)C1. The van der Waals surface area contributed by atoms with Gasteiger partial charge in [0.25, 0.3) is 0 Å². The highest BCUT2D eigenvalue weighted by molar-refractivity contribution is 7.89. The van der Waals surface area contributed by atoms with Gasteiger partial charge in [-0.05, 0) is 50.6 Å². The molecular weight excluding hydrogens is 400 g/mol. The third-order valence-electron chi connectivity index (χ3n) is 5.07. The second kappa shape index (κ2) is 9.64. The molecule has 0 radical (unpaired) electrons. The number of sulfonamides is 1. The summed E-state index contributed by atoms with van der Waals surface area (Å²) in [5.74, 6) is -0.165. The minimum atomic E-state index is -3.76. The van der Waals surface area contributed by atoms with Gasteiger partial charge in [0.05, 0.1) is 23.3 Å². The molecule has 0 saturated carbocycles. The van der Waals surface area contributed by atoms with Crippen LogP contribution in [0.25, 0.3) is 0 Å². The van der Waals surface area contributed by atoms with E-state index in [4.69, 9.17) is 0 Å². The molecule has 2 aromatic rings. The highest BCUT2D eigenvalue weighted by Crippen LogP contribution is 2.21. The predicted molar refractivity (Wildman–Crippen MR) is 107 cm³/mol. The van der Waals surface area contributed by atoms with Crippen LogP contribution in [0.5, 0.6) is 0 Å². The summed E-state index contributed by atoms with van der Waals surface area (Å²) in [6, 6.07) is 3.80. The summed E-state index contributed by atoms with van der Waals surface area (Å²) in [7, 11) is -1.70. The fourth-order valence-electron chi connectivity index (χ4n) is 3.45. The summed E-state index contributed by atoms with van der Waals surface area (Å²) in [5.41, 5.74) is 0.963. The molecule has 29 heavy (non-hydrogen) atoms. The van der Waals surface area contributed by atoms with Gasteiger partial charge in [-0.2, -0.15) is 5.10 Å². The van der Waals surface area contributed by atoms with E-state index in [1.54, 1.807) is 12.4 Å². The largest absolute Gasteiger partial charge is 0.378 e. The lowest BCUT2D eigenvalue weighted by molar-refractivity contribution is 0.388. The van der Waals surface area contributed by atoms with Crippen molar-refractivity contribution in [3.63, 3.8) is 0 Å². The Hall–Kier alpha value is -2.04. The lowest BCUT2D eigenvalue weighted by Gasteiger charge is -2.12. The van der Waals surface area contributed by atoms with Gasteiger partial charge in [-0.3, -0.25) is 4.68 Å². The Morgan fingerprint density at radius 3 is 2.86 bits per heavy atom. The van der Waals surface area contributed by atoms with Gasteiger partial charge in [-0.1, -0.05) is 0 Å². The zero-order valence-corrected chi connectivity index (χ0v) is 17.3. The van der Waals surface area contributed by atoms with Crippen LogP contribution in [-0.4, -0.2) is 56.5 Å². The van der Waals surface area contributed by atoms with Gasteiger partial charge in [0.2, 0.25) is 10.0 Å². The first kappa shape index (κ1) is 21.7. The van der Waals surface area contributed by atoms with Crippen molar-refractivity contribution in [2.45, 2.75) is 30.8 Å². The summed E-state index contributed by atoms with van der Waals surface area (Å²) in [6.45, 7) is 2.31. The predicted octanol–water partition coefficient (Wildman–Crippen LogP) is 2.22. The zero-order chi connectivity index (χ0) is 20.9. The van der Waals surface area contributed by atoms with E-state index in [1.807, 2.05) is 0 Å². The first-order chi connectivity index (χ1) is 13.9. The van der Waals surface area contributed by atoms with Crippen LogP contribution in [0.15, 0.2) is 35.5 Å². The van der Waals surface area contributed by atoms with Gasteiger partial charge in [0.1, 0.15) is 12.5 Å². The van der Waals surface area contributed by atoms with E-state index in [1.165, 1.54) is 16.8 Å². The second-order valence-electron chi connectivity index (χ2n) is 7.40. The number of aromatic nitrogens is 2. The van der Waals surface area contributed by atoms with Crippen molar-refractivity contribution >= 4 is 15.7 Å². The van der Waals surface area contributed by atoms with Crippen molar-refractivity contribution in [1.29, 1.82) is 0 Å². The minimum absolute atomic E-state index is 0.0974. The molecule has 1 fully saturated rings. The van der Waals surface area contributed by atoms with Crippen molar-refractivity contribution in [3.05, 3.63) is 42.0 Å². The maximum absolute atomic E-state index is 14.4. The molecule has 1 atom stereocenters. The highest BCUT2D eigenvalue weighted by atomic mass is 32.2. The molecule has 0 spiro atoms. The molecule has 2 N–H and O–H groups in total. The monoisotopic (exact) mass is 427 g/mol. The maximum Gasteiger partial charge on any atom is 0.240 e. The first-order valence-electron chi connectivity index (χ1n) is 9.66. The normalized spacial score (nSPS) is 17.7. The van der Waals surface area contributed by atoms with Crippen molar-refractivity contribution in [1.82, 2.24) is 19.4 Å².